The van der Waals surface area contributed by atoms with Gasteiger partial charge in [0.2, 0.25) is 5.88 Å². The van der Waals surface area contributed by atoms with E-state index in [2.05, 4.69) is 15.6 Å². The van der Waals surface area contributed by atoms with E-state index < -0.39 is 0 Å². The quantitative estimate of drug-likeness (QED) is 0.847. The minimum absolute atomic E-state index is 0.0696. The number of hydrogen-bond donors (Lipinski definition) is 2. The van der Waals surface area contributed by atoms with Crippen LogP contribution in [0.1, 0.15) is 31.2 Å². The average molecular weight is 371 g/mol. The van der Waals surface area contributed by atoms with Crippen molar-refractivity contribution in [2.75, 3.05) is 5.32 Å². The van der Waals surface area contributed by atoms with Crippen LogP contribution in [-0.4, -0.2) is 23.2 Å². The van der Waals surface area contributed by atoms with Crippen molar-refractivity contribution in [2.45, 2.75) is 37.8 Å². The molecule has 0 radical (unpaired) electrons. The van der Waals surface area contributed by atoms with E-state index in [4.69, 9.17) is 21.6 Å². The number of rotatable bonds is 4. The Balaban J connectivity index is 1.44. The molecule has 1 saturated carbocycles. The third-order valence-corrected chi connectivity index (χ3v) is 4.61. The molecule has 0 unspecified atom stereocenters. The number of hydrogen-bond acceptors (Lipinski definition) is 4. The molecule has 3 rings (SSSR count). The van der Waals surface area contributed by atoms with Crippen molar-refractivity contribution in [3.63, 3.8) is 0 Å². The Morgan fingerprint density at radius 1 is 1.19 bits per heavy atom. The van der Waals surface area contributed by atoms with Crippen molar-refractivity contribution in [3.05, 3.63) is 53.2 Å². The number of nitrogens with zero attached hydrogens (tertiary/aromatic N) is 2. The van der Waals surface area contributed by atoms with E-state index in [9.17, 15) is 4.79 Å². The summed E-state index contributed by atoms with van der Waals surface area (Å²) in [5, 5.41) is 15.0. The van der Waals surface area contributed by atoms with Crippen molar-refractivity contribution in [1.29, 1.82) is 5.26 Å². The Hall–Kier alpha value is -2.78. The van der Waals surface area contributed by atoms with Gasteiger partial charge in [-0.2, -0.15) is 5.26 Å². The van der Waals surface area contributed by atoms with Gasteiger partial charge in [-0.25, -0.2) is 9.78 Å². The minimum atomic E-state index is -0.253. The monoisotopic (exact) mass is 370 g/mol. The second-order valence-corrected chi connectivity index (χ2v) is 6.57. The molecule has 1 heterocycles. The maximum Gasteiger partial charge on any atom is 0.319 e. The van der Waals surface area contributed by atoms with E-state index in [-0.39, 0.29) is 18.2 Å². The van der Waals surface area contributed by atoms with E-state index >= 15 is 0 Å². The molecule has 1 fully saturated rings. The highest BCUT2D eigenvalue weighted by atomic mass is 35.5. The van der Waals surface area contributed by atoms with Crippen LogP contribution in [-0.2, 0) is 0 Å². The van der Waals surface area contributed by atoms with Gasteiger partial charge in [-0.15, -0.1) is 0 Å². The van der Waals surface area contributed by atoms with E-state index in [0.717, 1.165) is 25.7 Å². The van der Waals surface area contributed by atoms with Crippen LogP contribution in [0.3, 0.4) is 0 Å². The first kappa shape index (κ1) is 18.0. The van der Waals surface area contributed by atoms with E-state index in [1.807, 2.05) is 18.2 Å². The molecule has 0 bridgehead atoms. The number of para-hydroxylation sites is 1. The summed E-state index contributed by atoms with van der Waals surface area (Å²) in [4.78, 5) is 16.2. The largest absolute Gasteiger partial charge is 0.474 e. The molecule has 7 heteroatoms. The van der Waals surface area contributed by atoms with Crippen molar-refractivity contribution < 1.29 is 9.53 Å². The molecule has 1 aromatic heterocycles. The van der Waals surface area contributed by atoms with Crippen LogP contribution in [0.2, 0.25) is 5.02 Å². The Kier molecular flexibility index (Phi) is 5.92. The third-order valence-electron chi connectivity index (χ3n) is 4.28. The summed E-state index contributed by atoms with van der Waals surface area (Å²) in [7, 11) is 0. The number of urea groups is 1. The average Bonchev–Trinajstić information content (AvgIpc) is 2.66. The van der Waals surface area contributed by atoms with Crippen LogP contribution in [0.4, 0.5) is 10.5 Å². The predicted molar refractivity (Wildman–Crippen MR) is 99.2 cm³/mol. The summed E-state index contributed by atoms with van der Waals surface area (Å²) in [6.45, 7) is 0. The summed E-state index contributed by atoms with van der Waals surface area (Å²) < 4.78 is 5.85. The topological polar surface area (TPSA) is 87.0 Å². The van der Waals surface area contributed by atoms with Gasteiger partial charge in [0.1, 0.15) is 12.2 Å². The second kappa shape index (κ2) is 8.54. The fraction of sp³-hybridized carbons (Fsp3) is 0.316. The molecule has 26 heavy (non-hydrogen) atoms. The zero-order valence-electron chi connectivity index (χ0n) is 14.1. The van der Waals surface area contributed by atoms with Crippen molar-refractivity contribution in [2.24, 2.45) is 0 Å². The van der Waals surface area contributed by atoms with E-state index in [0.29, 0.717) is 22.2 Å². The van der Waals surface area contributed by atoms with Gasteiger partial charge in [0.25, 0.3) is 0 Å². The molecule has 134 valence electrons. The summed E-state index contributed by atoms with van der Waals surface area (Å²) in [5.41, 5.74) is 1.10. The molecular formula is C19H19ClN4O2. The first-order valence-corrected chi connectivity index (χ1v) is 8.86. The highest BCUT2D eigenvalue weighted by Gasteiger charge is 2.24. The molecule has 1 aromatic carbocycles. The highest BCUT2D eigenvalue weighted by Crippen LogP contribution is 2.24. The van der Waals surface area contributed by atoms with E-state index in [1.165, 1.54) is 6.20 Å². The van der Waals surface area contributed by atoms with Gasteiger partial charge in [0.05, 0.1) is 16.3 Å². The first-order valence-electron chi connectivity index (χ1n) is 8.49. The molecule has 2 aromatic rings. The third kappa shape index (κ3) is 4.87. The number of benzene rings is 1. The molecule has 1 aliphatic carbocycles. The zero-order chi connectivity index (χ0) is 18.4. The highest BCUT2D eigenvalue weighted by molar-refractivity contribution is 6.33. The lowest BCUT2D eigenvalue weighted by Crippen LogP contribution is -2.41. The lowest BCUT2D eigenvalue weighted by molar-refractivity contribution is 0.135. The number of pyridine rings is 1. The van der Waals surface area contributed by atoms with Crippen molar-refractivity contribution in [1.82, 2.24) is 10.3 Å². The number of carbonyl (C=O) groups excluding carboxylic acids is 1. The number of anilines is 1. The van der Waals surface area contributed by atoms with Gasteiger partial charge < -0.3 is 15.4 Å². The molecule has 2 N–H and O–H groups in total. The van der Waals surface area contributed by atoms with E-state index in [1.54, 1.807) is 24.3 Å². The van der Waals surface area contributed by atoms with Crippen LogP contribution >= 0.6 is 11.6 Å². The lowest BCUT2D eigenvalue weighted by Gasteiger charge is -2.29. The number of ether oxygens (including phenoxy) is 1. The van der Waals surface area contributed by atoms with Gasteiger partial charge >= 0.3 is 6.03 Å². The number of nitriles is 1. The van der Waals surface area contributed by atoms with Gasteiger partial charge in [-0.3, -0.25) is 0 Å². The molecular weight excluding hydrogens is 352 g/mol. The zero-order valence-corrected chi connectivity index (χ0v) is 14.9. The SMILES string of the molecule is N#Cc1ccc(OC2CCC(NC(=O)Nc3ccccc3Cl)CC2)nc1. The van der Waals surface area contributed by atoms with Crippen molar-refractivity contribution in [3.8, 4) is 11.9 Å². The Labute approximate surface area is 157 Å². The summed E-state index contributed by atoms with van der Waals surface area (Å²) >= 11 is 6.04. The van der Waals surface area contributed by atoms with Gasteiger partial charge in [0, 0.05) is 18.3 Å². The molecule has 0 spiro atoms. The smallest absolute Gasteiger partial charge is 0.319 e. The van der Waals surface area contributed by atoms with Gasteiger partial charge in [0.15, 0.2) is 0 Å². The summed E-state index contributed by atoms with van der Waals surface area (Å²) in [5.74, 6) is 0.525. The predicted octanol–water partition coefficient (Wildman–Crippen LogP) is 4.12. The molecule has 1 aliphatic rings. The standard InChI is InChI=1S/C19H19ClN4O2/c20-16-3-1-2-4-17(16)24-19(25)23-14-6-8-15(9-7-14)26-18-10-5-13(11-21)12-22-18/h1-5,10,12,14-15H,6-9H2,(H2,23,24,25). The molecule has 0 atom stereocenters. The van der Waals surface area contributed by atoms with Crippen LogP contribution in [0.5, 0.6) is 5.88 Å². The van der Waals surface area contributed by atoms with Crippen LogP contribution in [0.25, 0.3) is 0 Å². The normalized spacial score (nSPS) is 19.2. The van der Waals surface area contributed by atoms with Gasteiger partial charge in [-0.05, 0) is 43.9 Å². The molecule has 2 amide bonds. The summed E-state index contributed by atoms with van der Waals surface area (Å²) in [6.07, 6.45) is 4.90. The number of nitrogens with one attached hydrogen (secondary N) is 2. The number of carbonyl (C=O) groups is 1. The maximum absolute atomic E-state index is 12.1. The summed E-state index contributed by atoms with van der Waals surface area (Å²) in [6, 6.07) is 12.4. The van der Waals surface area contributed by atoms with Crippen LogP contribution < -0.4 is 15.4 Å². The first-order chi connectivity index (χ1) is 12.6. The number of aromatic nitrogens is 1. The second-order valence-electron chi connectivity index (χ2n) is 6.17. The van der Waals surface area contributed by atoms with Crippen LogP contribution in [0, 0.1) is 11.3 Å². The Morgan fingerprint density at radius 2 is 1.96 bits per heavy atom. The fourth-order valence-corrected chi connectivity index (χ4v) is 3.10. The molecule has 0 saturated heterocycles. The maximum atomic E-state index is 12.1. The van der Waals surface area contributed by atoms with Crippen LogP contribution in [0.15, 0.2) is 42.6 Å². The lowest BCUT2D eigenvalue weighted by atomic mass is 9.93. The number of amides is 2. The van der Waals surface area contributed by atoms with Crippen molar-refractivity contribution >= 4 is 23.3 Å². The molecule has 0 aliphatic heterocycles. The Morgan fingerprint density at radius 3 is 2.62 bits per heavy atom. The Bertz CT molecular complexity index is 796. The molecule has 6 nitrogen and oxygen atoms in total. The number of halogens is 1. The minimum Gasteiger partial charge on any atom is -0.474 e. The fourth-order valence-electron chi connectivity index (χ4n) is 2.92. The van der Waals surface area contributed by atoms with Gasteiger partial charge in [-0.1, -0.05) is 23.7 Å².